The summed E-state index contributed by atoms with van der Waals surface area (Å²) >= 11 is 0. The van der Waals surface area contributed by atoms with E-state index in [9.17, 15) is 19.6 Å². The summed E-state index contributed by atoms with van der Waals surface area (Å²) in [6.07, 6.45) is 12.4. The first-order valence-corrected chi connectivity index (χ1v) is 17.1. The molecule has 0 aromatic rings. The van der Waals surface area contributed by atoms with Gasteiger partial charge in [-0.3, -0.25) is 14.4 Å². The molecule has 3 rings (SSSR count). The van der Waals surface area contributed by atoms with Gasteiger partial charge in [-0.2, -0.15) is 5.26 Å². The Morgan fingerprint density at radius 1 is 1.02 bits per heavy atom. The molecule has 246 valence electrons. The number of Topliss-reactive ketones (excluding diaryl/α,β-unsaturated/α-hetero) is 1. The van der Waals surface area contributed by atoms with Crippen molar-refractivity contribution in [2.24, 2.45) is 44.3 Å². The highest BCUT2D eigenvalue weighted by atomic mass is 16.2. The number of nitrogens with zero attached hydrogens (tertiary/aromatic N) is 1. The Morgan fingerprint density at radius 3 is 2.16 bits per heavy atom. The monoisotopic (exact) mass is 606 g/mol. The average molecular weight is 607 g/mol. The first-order chi connectivity index (χ1) is 19.9. The predicted molar refractivity (Wildman–Crippen MR) is 180 cm³/mol. The number of fused-ring (bicyclic) bond motifs is 1. The van der Waals surface area contributed by atoms with E-state index in [0.29, 0.717) is 17.8 Å². The Morgan fingerprint density at radius 2 is 1.64 bits per heavy atom. The highest BCUT2D eigenvalue weighted by Gasteiger charge is 2.61. The minimum atomic E-state index is -0.683. The van der Waals surface area contributed by atoms with Crippen LogP contribution < -0.4 is 5.32 Å². The van der Waals surface area contributed by atoms with E-state index in [-0.39, 0.29) is 50.7 Å². The molecule has 0 spiro atoms. The first kappa shape index (κ1) is 36.3. The quantitative estimate of drug-likeness (QED) is 0.279. The van der Waals surface area contributed by atoms with Crippen molar-refractivity contribution in [3.63, 3.8) is 0 Å². The third-order valence-electron chi connectivity index (χ3n) is 12.8. The molecule has 0 aliphatic heterocycles. The zero-order valence-electron chi connectivity index (χ0n) is 30.3. The van der Waals surface area contributed by atoms with Gasteiger partial charge >= 0.3 is 0 Å². The Hall–Kier alpha value is -2.22. The topological polar surface area (TPSA) is 87.0 Å². The summed E-state index contributed by atoms with van der Waals surface area (Å²) in [5, 5.41) is 13.2. The van der Waals surface area contributed by atoms with Gasteiger partial charge in [0.25, 0.3) is 0 Å². The molecule has 1 unspecified atom stereocenters. The van der Waals surface area contributed by atoms with Gasteiger partial charge in [-0.15, -0.1) is 0 Å². The fraction of sp³-hybridized carbons (Fsp3) is 0.795. The first-order valence-electron chi connectivity index (χ1n) is 17.1. The van der Waals surface area contributed by atoms with Crippen molar-refractivity contribution in [1.82, 2.24) is 5.32 Å². The zero-order chi connectivity index (χ0) is 33.7. The van der Waals surface area contributed by atoms with Crippen LogP contribution in [0, 0.1) is 55.7 Å². The smallest absolute Gasteiger partial charge is 0.220 e. The van der Waals surface area contributed by atoms with Crippen LogP contribution in [0.2, 0.25) is 0 Å². The second kappa shape index (κ2) is 11.9. The molecule has 0 bridgehead atoms. The number of nitriles is 1. The number of ketones is 2. The lowest BCUT2D eigenvalue weighted by atomic mass is 9.42. The van der Waals surface area contributed by atoms with E-state index in [4.69, 9.17) is 0 Å². The van der Waals surface area contributed by atoms with Gasteiger partial charge in [0.15, 0.2) is 11.6 Å². The maximum absolute atomic E-state index is 13.3. The molecule has 0 saturated heterocycles. The van der Waals surface area contributed by atoms with Gasteiger partial charge in [0, 0.05) is 22.8 Å². The molecule has 0 aromatic carbocycles. The van der Waals surface area contributed by atoms with E-state index in [1.54, 1.807) is 6.92 Å². The maximum Gasteiger partial charge on any atom is 0.220 e. The normalized spacial score (nSPS) is 34.5. The van der Waals surface area contributed by atoms with E-state index >= 15 is 0 Å². The molecule has 5 nitrogen and oxygen atoms in total. The van der Waals surface area contributed by atoms with Crippen molar-refractivity contribution in [1.29, 1.82) is 5.26 Å². The lowest BCUT2D eigenvalue weighted by Crippen LogP contribution is -2.56. The molecule has 1 amide bonds. The third kappa shape index (κ3) is 6.80. The van der Waals surface area contributed by atoms with Crippen molar-refractivity contribution >= 4 is 17.5 Å². The lowest BCUT2D eigenvalue weighted by Gasteiger charge is -2.61. The van der Waals surface area contributed by atoms with Gasteiger partial charge in [0.1, 0.15) is 6.07 Å². The van der Waals surface area contributed by atoms with Crippen LogP contribution in [0.4, 0.5) is 0 Å². The molecule has 3 aliphatic carbocycles. The standard InChI is InChI=1S/C39H62N2O3/c1-26-23-34(6,7)18-20-39(26,17-15-31(43)41-33(3,4)5)21-19-35(8,9)38(13)16-14-29-36(10,11)32(44)28(25-40)24-37(29,12)30(38)22-27(2)42/h22,24,26,29H,14-21,23H2,1-13H3,(H,41,43)/b30-22-/t26?,29-,37-,38+,39+/m0/s1. The molecule has 2 saturated carbocycles. The summed E-state index contributed by atoms with van der Waals surface area (Å²) in [4.78, 5) is 39.2. The van der Waals surface area contributed by atoms with Crippen molar-refractivity contribution in [2.75, 3.05) is 0 Å². The van der Waals surface area contributed by atoms with Crippen molar-refractivity contribution in [2.45, 2.75) is 153 Å². The predicted octanol–water partition coefficient (Wildman–Crippen LogP) is 9.32. The zero-order valence-corrected chi connectivity index (χ0v) is 30.3. The lowest BCUT2D eigenvalue weighted by molar-refractivity contribution is -0.131. The molecular weight excluding hydrogens is 544 g/mol. The number of allylic oxidation sites excluding steroid dienone is 4. The van der Waals surface area contributed by atoms with Gasteiger partial charge in [-0.1, -0.05) is 74.0 Å². The minimum absolute atomic E-state index is 0.00924. The second-order valence-corrected chi connectivity index (χ2v) is 18.4. The molecular formula is C39H62N2O3. The molecule has 0 radical (unpaired) electrons. The van der Waals surface area contributed by atoms with Crippen LogP contribution in [-0.4, -0.2) is 23.0 Å². The van der Waals surface area contributed by atoms with E-state index in [1.165, 1.54) is 0 Å². The van der Waals surface area contributed by atoms with Gasteiger partial charge in [0.2, 0.25) is 5.91 Å². The SMILES string of the molecule is CC(=O)/C=C1/[C@@]2(C)C=C(C#N)C(=O)C(C)(C)[C@@H]2CC[C@@]1(C)C(C)(C)CC[C@@]1(CCC(=O)NC(C)(C)C)CCC(C)(C)CC1C. The summed E-state index contributed by atoms with van der Waals surface area (Å²) in [6.45, 7) is 28.0. The highest BCUT2D eigenvalue weighted by Crippen LogP contribution is 2.67. The van der Waals surface area contributed by atoms with Gasteiger partial charge < -0.3 is 5.32 Å². The van der Waals surface area contributed by atoms with Crippen LogP contribution in [0.1, 0.15) is 148 Å². The number of carbonyl (C=O) groups excluding carboxylic acids is 3. The third-order valence-corrected chi connectivity index (χ3v) is 12.8. The minimum Gasteiger partial charge on any atom is -0.352 e. The van der Waals surface area contributed by atoms with E-state index in [0.717, 1.165) is 56.9 Å². The molecule has 0 heterocycles. The number of rotatable bonds is 8. The van der Waals surface area contributed by atoms with Crippen LogP contribution in [-0.2, 0) is 14.4 Å². The van der Waals surface area contributed by atoms with Gasteiger partial charge in [-0.25, -0.2) is 0 Å². The molecule has 5 atom stereocenters. The summed E-state index contributed by atoms with van der Waals surface area (Å²) in [7, 11) is 0. The molecule has 2 fully saturated rings. The maximum atomic E-state index is 13.3. The summed E-state index contributed by atoms with van der Waals surface area (Å²) in [5.74, 6) is 0.577. The van der Waals surface area contributed by atoms with Crippen LogP contribution in [0.15, 0.2) is 23.3 Å². The molecule has 1 N–H and O–H groups in total. The Kier molecular flexibility index (Phi) is 9.77. The molecule has 3 aliphatic rings. The fourth-order valence-corrected chi connectivity index (χ4v) is 9.64. The van der Waals surface area contributed by atoms with Crippen LogP contribution in [0.5, 0.6) is 0 Å². The summed E-state index contributed by atoms with van der Waals surface area (Å²) < 4.78 is 0. The van der Waals surface area contributed by atoms with Crippen molar-refractivity contribution in [3.05, 3.63) is 23.3 Å². The largest absolute Gasteiger partial charge is 0.352 e. The van der Waals surface area contributed by atoms with Crippen LogP contribution in [0.3, 0.4) is 0 Å². The van der Waals surface area contributed by atoms with Crippen molar-refractivity contribution in [3.8, 4) is 6.07 Å². The van der Waals surface area contributed by atoms with Crippen LogP contribution in [0.25, 0.3) is 0 Å². The van der Waals surface area contributed by atoms with Crippen molar-refractivity contribution < 1.29 is 14.4 Å². The van der Waals surface area contributed by atoms with E-state index in [1.807, 2.05) is 46.8 Å². The number of amides is 1. The van der Waals surface area contributed by atoms with Crippen LogP contribution >= 0.6 is 0 Å². The van der Waals surface area contributed by atoms with E-state index < -0.39 is 10.8 Å². The second-order valence-electron chi connectivity index (χ2n) is 18.4. The highest BCUT2D eigenvalue weighted by molar-refractivity contribution is 6.04. The van der Waals surface area contributed by atoms with E-state index in [2.05, 4.69) is 59.9 Å². The Balaban J connectivity index is 2.02. The number of hydrogen-bond acceptors (Lipinski definition) is 4. The summed E-state index contributed by atoms with van der Waals surface area (Å²) in [6, 6.07) is 2.20. The molecule has 0 aromatic heterocycles. The number of nitrogens with one attached hydrogen (secondary N) is 1. The number of hydrogen-bond donors (Lipinski definition) is 1. The van der Waals surface area contributed by atoms with Gasteiger partial charge in [-0.05, 0) is 119 Å². The summed E-state index contributed by atoms with van der Waals surface area (Å²) in [5.41, 5.74) is -0.286. The number of carbonyl (C=O) groups is 3. The Bertz CT molecular complexity index is 1270. The fourth-order valence-electron chi connectivity index (χ4n) is 9.64. The van der Waals surface area contributed by atoms with Gasteiger partial charge in [0.05, 0.1) is 5.57 Å². The molecule has 44 heavy (non-hydrogen) atoms. The Labute approximate surface area is 269 Å². The molecule has 5 heteroatoms. The average Bonchev–Trinajstić information content (AvgIpc) is 2.86.